The summed E-state index contributed by atoms with van der Waals surface area (Å²) in [5.74, 6) is 0. The molecule has 1 aliphatic heterocycles. The summed E-state index contributed by atoms with van der Waals surface area (Å²) in [6.45, 7) is 11.9. The van der Waals surface area contributed by atoms with Gasteiger partial charge in [-0.2, -0.15) is 0 Å². The fourth-order valence-corrected chi connectivity index (χ4v) is 1.10. The third kappa shape index (κ3) is 2.22. The molecule has 0 aromatic carbocycles. The Morgan fingerprint density at radius 1 is 1.55 bits per heavy atom. The van der Waals surface area contributed by atoms with Crippen LogP contribution in [-0.2, 0) is 4.74 Å². The molecule has 1 rings (SSSR count). The number of ether oxygens (including phenoxy) is 1. The highest BCUT2D eigenvalue weighted by atomic mass is 16.5. The Labute approximate surface area is 68.6 Å². The van der Waals surface area contributed by atoms with E-state index in [1.807, 2.05) is 0 Å². The number of rotatable bonds is 0. The van der Waals surface area contributed by atoms with E-state index < -0.39 is 0 Å². The first kappa shape index (κ1) is 8.60. The molecule has 2 nitrogen and oxygen atoms in total. The molecule has 0 spiro atoms. The summed E-state index contributed by atoms with van der Waals surface area (Å²) in [6.07, 6.45) is 0. The number of nitrogens with one attached hydrogen (secondary N) is 1. The van der Waals surface area contributed by atoms with E-state index in [4.69, 9.17) is 4.74 Å². The van der Waals surface area contributed by atoms with Crippen LogP contribution in [-0.4, -0.2) is 19.3 Å². The summed E-state index contributed by atoms with van der Waals surface area (Å²) in [7, 11) is 0. The predicted molar refractivity (Wildman–Crippen MR) is 46.3 cm³/mol. The average Bonchev–Trinajstić information content (AvgIpc) is 1.86. The molecular weight excluding hydrogens is 138 g/mol. The van der Waals surface area contributed by atoms with Gasteiger partial charge in [-0.1, -0.05) is 27.4 Å². The van der Waals surface area contributed by atoms with E-state index >= 15 is 0 Å². The quantitative estimate of drug-likeness (QED) is 0.573. The molecule has 1 N–H and O–H groups in total. The van der Waals surface area contributed by atoms with Gasteiger partial charge < -0.3 is 10.1 Å². The molecule has 11 heavy (non-hydrogen) atoms. The average molecular weight is 155 g/mol. The highest BCUT2D eigenvalue weighted by molar-refractivity contribution is 5.00. The summed E-state index contributed by atoms with van der Waals surface area (Å²) in [5.41, 5.74) is 1.25. The van der Waals surface area contributed by atoms with Crippen LogP contribution < -0.4 is 5.32 Å². The van der Waals surface area contributed by atoms with E-state index in [2.05, 4.69) is 32.7 Å². The van der Waals surface area contributed by atoms with Crippen molar-refractivity contribution in [3.05, 3.63) is 12.3 Å². The van der Waals surface area contributed by atoms with E-state index in [9.17, 15) is 0 Å². The maximum absolute atomic E-state index is 5.36. The van der Waals surface area contributed by atoms with Crippen molar-refractivity contribution in [1.29, 1.82) is 0 Å². The third-order valence-corrected chi connectivity index (χ3v) is 1.98. The highest BCUT2D eigenvalue weighted by Gasteiger charge is 2.27. The summed E-state index contributed by atoms with van der Waals surface area (Å²) >= 11 is 0. The molecule has 64 valence electrons. The van der Waals surface area contributed by atoms with Gasteiger partial charge in [-0.05, 0) is 5.41 Å². The molecule has 0 aliphatic carbocycles. The zero-order valence-corrected chi connectivity index (χ0v) is 7.61. The smallest absolute Gasteiger partial charge is 0.0857 e. The minimum absolute atomic E-state index is 0.253. The summed E-state index contributed by atoms with van der Waals surface area (Å²) < 4.78 is 5.36. The fraction of sp³-hybridized carbons (Fsp3) is 0.778. The molecule has 0 aromatic heterocycles. The molecular formula is C9H17NO. The Bertz CT molecular complexity index is 157. The molecule has 1 saturated heterocycles. The van der Waals surface area contributed by atoms with Gasteiger partial charge in [0.15, 0.2) is 0 Å². The van der Waals surface area contributed by atoms with Crippen molar-refractivity contribution in [1.82, 2.24) is 5.32 Å². The van der Waals surface area contributed by atoms with Gasteiger partial charge in [-0.15, -0.1) is 0 Å². The lowest BCUT2D eigenvalue weighted by molar-refractivity contribution is 0.0606. The van der Waals surface area contributed by atoms with Gasteiger partial charge in [-0.3, -0.25) is 0 Å². The highest BCUT2D eigenvalue weighted by Crippen LogP contribution is 2.22. The Balaban J connectivity index is 2.53. The van der Waals surface area contributed by atoms with E-state index in [1.54, 1.807) is 0 Å². The maximum Gasteiger partial charge on any atom is 0.0857 e. The van der Waals surface area contributed by atoms with Crippen molar-refractivity contribution in [2.75, 3.05) is 13.2 Å². The first-order valence-corrected chi connectivity index (χ1v) is 4.02. The van der Waals surface area contributed by atoms with Crippen LogP contribution in [0.4, 0.5) is 0 Å². The minimum Gasteiger partial charge on any atom is -0.381 e. The van der Waals surface area contributed by atoms with Crippen molar-refractivity contribution in [3.8, 4) is 0 Å². The molecule has 0 saturated carbocycles. The molecule has 0 bridgehead atoms. The third-order valence-electron chi connectivity index (χ3n) is 1.98. The van der Waals surface area contributed by atoms with Gasteiger partial charge in [0.25, 0.3) is 0 Å². The van der Waals surface area contributed by atoms with E-state index in [1.165, 1.54) is 0 Å². The Hall–Kier alpha value is -0.500. The summed E-state index contributed by atoms with van der Waals surface area (Å²) in [4.78, 5) is 0. The van der Waals surface area contributed by atoms with Gasteiger partial charge in [0.1, 0.15) is 0 Å². The van der Waals surface area contributed by atoms with Crippen LogP contribution in [0.1, 0.15) is 20.8 Å². The predicted octanol–water partition coefficient (Wildman–Crippen LogP) is 1.53. The molecule has 1 atom stereocenters. The molecule has 0 amide bonds. The second kappa shape index (κ2) is 2.86. The van der Waals surface area contributed by atoms with Gasteiger partial charge in [0.2, 0.25) is 0 Å². The van der Waals surface area contributed by atoms with Crippen molar-refractivity contribution >= 4 is 0 Å². The van der Waals surface area contributed by atoms with Crippen molar-refractivity contribution in [3.63, 3.8) is 0 Å². The Kier molecular flexibility index (Phi) is 2.23. The topological polar surface area (TPSA) is 21.3 Å². The molecule has 0 radical (unpaired) electrons. The first-order chi connectivity index (χ1) is 5.00. The number of hydrogen-bond donors (Lipinski definition) is 1. The second-order valence-electron chi connectivity index (χ2n) is 4.18. The van der Waals surface area contributed by atoms with Gasteiger partial charge >= 0.3 is 0 Å². The summed E-state index contributed by atoms with van der Waals surface area (Å²) in [6, 6.07) is 0.406. The Morgan fingerprint density at radius 2 is 2.18 bits per heavy atom. The summed E-state index contributed by atoms with van der Waals surface area (Å²) in [5, 5.41) is 3.34. The van der Waals surface area contributed by atoms with Crippen LogP contribution in [0, 0.1) is 5.41 Å². The normalized spacial score (nSPS) is 26.5. The SMILES string of the molecule is C=C1COCC(C(C)(C)C)N1. The molecule has 0 aromatic rings. The van der Waals surface area contributed by atoms with Crippen LogP contribution in [0.15, 0.2) is 12.3 Å². The zero-order valence-electron chi connectivity index (χ0n) is 7.61. The second-order valence-corrected chi connectivity index (χ2v) is 4.18. The monoisotopic (exact) mass is 155 g/mol. The largest absolute Gasteiger partial charge is 0.381 e. The van der Waals surface area contributed by atoms with E-state index in [0.29, 0.717) is 12.6 Å². The van der Waals surface area contributed by atoms with Gasteiger partial charge in [-0.25, -0.2) is 0 Å². The fourth-order valence-electron chi connectivity index (χ4n) is 1.10. The van der Waals surface area contributed by atoms with E-state index in [0.717, 1.165) is 12.3 Å². The van der Waals surface area contributed by atoms with Crippen molar-refractivity contribution < 1.29 is 4.74 Å². The van der Waals surface area contributed by atoms with E-state index in [-0.39, 0.29) is 5.41 Å². The van der Waals surface area contributed by atoms with Crippen molar-refractivity contribution in [2.24, 2.45) is 5.41 Å². The lowest BCUT2D eigenvalue weighted by Crippen LogP contribution is -2.47. The van der Waals surface area contributed by atoms with Gasteiger partial charge in [0, 0.05) is 5.70 Å². The lowest BCUT2D eigenvalue weighted by atomic mass is 9.86. The lowest BCUT2D eigenvalue weighted by Gasteiger charge is -2.36. The van der Waals surface area contributed by atoms with Crippen LogP contribution >= 0.6 is 0 Å². The molecule has 1 fully saturated rings. The van der Waals surface area contributed by atoms with Crippen molar-refractivity contribution in [2.45, 2.75) is 26.8 Å². The maximum atomic E-state index is 5.36. The first-order valence-electron chi connectivity index (χ1n) is 4.02. The Morgan fingerprint density at radius 3 is 2.55 bits per heavy atom. The minimum atomic E-state index is 0.253. The van der Waals surface area contributed by atoms with Crippen LogP contribution in [0.3, 0.4) is 0 Å². The number of hydrogen-bond acceptors (Lipinski definition) is 2. The molecule has 2 heteroatoms. The molecule has 1 aliphatic rings. The molecule has 1 heterocycles. The number of morpholine rings is 1. The van der Waals surface area contributed by atoms with Gasteiger partial charge in [0.05, 0.1) is 19.3 Å². The van der Waals surface area contributed by atoms with Crippen LogP contribution in [0.5, 0.6) is 0 Å². The zero-order chi connectivity index (χ0) is 8.48. The van der Waals surface area contributed by atoms with Crippen LogP contribution in [0.25, 0.3) is 0 Å². The standard InChI is InChI=1S/C9H17NO/c1-7-5-11-6-8(10-7)9(2,3)4/h8,10H,1,5-6H2,2-4H3. The molecule has 1 unspecified atom stereocenters. The van der Waals surface area contributed by atoms with Crippen LogP contribution in [0.2, 0.25) is 0 Å².